The molecule has 0 radical (unpaired) electrons. The van der Waals surface area contributed by atoms with Crippen LogP contribution < -0.4 is 10.2 Å². The number of likely N-dealkylation sites (N-methyl/N-ethyl adjacent to an activating group) is 2. The lowest BCUT2D eigenvalue weighted by Crippen LogP contribution is -2.37. The Morgan fingerprint density at radius 2 is 2.06 bits per heavy atom. The van der Waals surface area contributed by atoms with Gasteiger partial charge in [0.25, 0.3) is 0 Å². The summed E-state index contributed by atoms with van der Waals surface area (Å²) in [6.45, 7) is 10.2. The Hall–Kier alpha value is -0.800. The van der Waals surface area contributed by atoms with Crippen molar-refractivity contribution >= 4 is 17.4 Å². The van der Waals surface area contributed by atoms with E-state index in [2.05, 4.69) is 29.0 Å². The lowest BCUT2D eigenvalue weighted by Gasteiger charge is -2.22. The molecule has 0 aliphatic rings. The Balaban J connectivity index is 0.00000121. The SMILES string of the molecule is CC.CCNC(C)CN(C)c1ccc(Cl)cn1. The van der Waals surface area contributed by atoms with Crippen molar-refractivity contribution in [3.63, 3.8) is 0 Å². The maximum absolute atomic E-state index is 5.78. The highest BCUT2D eigenvalue weighted by molar-refractivity contribution is 6.30. The summed E-state index contributed by atoms with van der Waals surface area (Å²) in [7, 11) is 2.03. The second kappa shape index (κ2) is 9.25. The Morgan fingerprint density at radius 3 is 2.53 bits per heavy atom. The minimum absolute atomic E-state index is 0.456. The third-order valence-electron chi connectivity index (χ3n) is 2.20. The summed E-state index contributed by atoms with van der Waals surface area (Å²) < 4.78 is 0. The molecule has 0 spiro atoms. The molecule has 1 rings (SSSR count). The third kappa shape index (κ3) is 6.49. The molecule has 0 saturated heterocycles. The number of nitrogens with one attached hydrogen (secondary N) is 1. The smallest absolute Gasteiger partial charge is 0.128 e. The molecule has 1 aromatic rings. The summed E-state index contributed by atoms with van der Waals surface area (Å²) in [4.78, 5) is 6.37. The third-order valence-corrected chi connectivity index (χ3v) is 2.43. The summed E-state index contributed by atoms with van der Waals surface area (Å²) in [6, 6.07) is 4.25. The molecule has 1 heterocycles. The lowest BCUT2D eigenvalue weighted by molar-refractivity contribution is 0.563. The Morgan fingerprint density at radius 1 is 1.41 bits per heavy atom. The van der Waals surface area contributed by atoms with Gasteiger partial charge < -0.3 is 10.2 Å². The highest BCUT2D eigenvalue weighted by Crippen LogP contribution is 2.12. The zero-order valence-corrected chi connectivity index (χ0v) is 12.3. The van der Waals surface area contributed by atoms with Gasteiger partial charge in [0.05, 0.1) is 5.02 Å². The van der Waals surface area contributed by atoms with Gasteiger partial charge in [-0.15, -0.1) is 0 Å². The number of anilines is 1. The van der Waals surface area contributed by atoms with E-state index in [-0.39, 0.29) is 0 Å². The first-order valence-corrected chi connectivity index (χ1v) is 6.57. The summed E-state index contributed by atoms with van der Waals surface area (Å²) >= 11 is 5.78. The molecule has 98 valence electrons. The first kappa shape index (κ1) is 16.2. The summed E-state index contributed by atoms with van der Waals surface area (Å²) in [6.07, 6.45) is 1.67. The molecule has 3 nitrogen and oxygen atoms in total. The first-order valence-electron chi connectivity index (χ1n) is 6.19. The number of aromatic nitrogens is 1. The van der Waals surface area contributed by atoms with Crippen LogP contribution in [-0.4, -0.2) is 31.2 Å². The van der Waals surface area contributed by atoms with Crippen molar-refractivity contribution in [2.45, 2.75) is 33.7 Å². The largest absolute Gasteiger partial charge is 0.358 e. The van der Waals surface area contributed by atoms with Gasteiger partial charge in [0.2, 0.25) is 0 Å². The normalized spacial score (nSPS) is 11.4. The second-order valence-electron chi connectivity index (χ2n) is 3.67. The van der Waals surface area contributed by atoms with Gasteiger partial charge in [-0.2, -0.15) is 0 Å². The van der Waals surface area contributed by atoms with Crippen molar-refractivity contribution in [2.24, 2.45) is 0 Å². The molecule has 0 aliphatic carbocycles. The number of hydrogen-bond donors (Lipinski definition) is 1. The quantitative estimate of drug-likeness (QED) is 0.878. The molecule has 4 heteroatoms. The molecule has 0 amide bonds. The Kier molecular flexibility index (Phi) is 8.82. The molecule has 17 heavy (non-hydrogen) atoms. The molecular weight excluding hydrogens is 234 g/mol. The van der Waals surface area contributed by atoms with Crippen LogP contribution in [0.15, 0.2) is 18.3 Å². The molecule has 1 N–H and O–H groups in total. The minimum atomic E-state index is 0.456. The Labute approximate surface area is 110 Å². The average molecular weight is 258 g/mol. The number of rotatable bonds is 5. The number of hydrogen-bond acceptors (Lipinski definition) is 3. The predicted octanol–water partition coefficient (Wildman–Crippen LogP) is 3.20. The van der Waals surface area contributed by atoms with Crippen LogP contribution in [0.4, 0.5) is 5.82 Å². The second-order valence-corrected chi connectivity index (χ2v) is 4.11. The molecule has 0 aliphatic heterocycles. The molecule has 1 aromatic heterocycles. The van der Waals surface area contributed by atoms with Gasteiger partial charge in [0, 0.05) is 25.8 Å². The van der Waals surface area contributed by atoms with Crippen LogP contribution in [0, 0.1) is 0 Å². The topological polar surface area (TPSA) is 28.2 Å². The summed E-state index contributed by atoms with van der Waals surface area (Å²) in [5, 5.41) is 4.04. The predicted molar refractivity (Wildman–Crippen MR) is 77.0 cm³/mol. The van der Waals surface area contributed by atoms with E-state index in [0.29, 0.717) is 11.1 Å². The van der Waals surface area contributed by atoms with Crippen molar-refractivity contribution in [3.8, 4) is 0 Å². The zero-order chi connectivity index (χ0) is 13.3. The van der Waals surface area contributed by atoms with E-state index in [4.69, 9.17) is 11.6 Å². The number of pyridine rings is 1. The van der Waals surface area contributed by atoms with Crippen LogP contribution in [0.2, 0.25) is 5.02 Å². The van der Waals surface area contributed by atoms with Gasteiger partial charge in [0.1, 0.15) is 5.82 Å². The van der Waals surface area contributed by atoms with Crippen LogP contribution in [0.5, 0.6) is 0 Å². The molecule has 1 atom stereocenters. The van der Waals surface area contributed by atoms with Crippen LogP contribution in [0.3, 0.4) is 0 Å². The van der Waals surface area contributed by atoms with E-state index in [1.807, 2.05) is 33.0 Å². The molecule has 1 unspecified atom stereocenters. The molecular formula is C13H24ClN3. The van der Waals surface area contributed by atoms with Crippen molar-refractivity contribution in [1.29, 1.82) is 0 Å². The Bertz CT molecular complexity index is 287. The molecule has 0 aromatic carbocycles. The van der Waals surface area contributed by atoms with E-state index in [1.165, 1.54) is 0 Å². The van der Waals surface area contributed by atoms with Crippen LogP contribution in [0.1, 0.15) is 27.7 Å². The summed E-state index contributed by atoms with van der Waals surface area (Å²) in [5.74, 6) is 0.948. The van der Waals surface area contributed by atoms with E-state index in [9.17, 15) is 0 Å². The van der Waals surface area contributed by atoms with E-state index in [1.54, 1.807) is 6.20 Å². The van der Waals surface area contributed by atoms with E-state index < -0.39 is 0 Å². The van der Waals surface area contributed by atoms with Gasteiger partial charge >= 0.3 is 0 Å². The highest BCUT2D eigenvalue weighted by atomic mass is 35.5. The highest BCUT2D eigenvalue weighted by Gasteiger charge is 2.06. The van der Waals surface area contributed by atoms with Crippen molar-refractivity contribution < 1.29 is 0 Å². The zero-order valence-electron chi connectivity index (χ0n) is 11.5. The maximum atomic E-state index is 5.78. The van der Waals surface area contributed by atoms with Gasteiger partial charge in [-0.25, -0.2) is 4.98 Å². The maximum Gasteiger partial charge on any atom is 0.128 e. The fourth-order valence-corrected chi connectivity index (χ4v) is 1.62. The van der Waals surface area contributed by atoms with Crippen LogP contribution in [-0.2, 0) is 0 Å². The van der Waals surface area contributed by atoms with Gasteiger partial charge in [-0.1, -0.05) is 32.4 Å². The van der Waals surface area contributed by atoms with Crippen LogP contribution >= 0.6 is 11.6 Å². The fraction of sp³-hybridized carbons (Fsp3) is 0.615. The molecule has 0 bridgehead atoms. The van der Waals surface area contributed by atoms with E-state index >= 15 is 0 Å². The van der Waals surface area contributed by atoms with Crippen molar-refractivity contribution in [2.75, 3.05) is 25.0 Å². The number of halogens is 1. The van der Waals surface area contributed by atoms with Gasteiger partial charge in [-0.3, -0.25) is 0 Å². The van der Waals surface area contributed by atoms with Crippen molar-refractivity contribution in [3.05, 3.63) is 23.4 Å². The van der Waals surface area contributed by atoms with Gasteiger partial charge in [-0.05, 0) is 25.6 Å². The van der Waals surface area contributed by atoms with Crippen LogP contribution in [0.25, 0.3) is 0 Å². The minimum Gasteiger partial charge on any atom is -0.358 e. The summed E-state index contributed by atoms with van der Waals surface area (Å²) in [5.41, 5.74) is 0. The standard InChI is InChI=1S/C11H18ClN3.C2H6/c1-4-13-9(2)8-15(3)11-6-5-10(12)7-14-11;1-2/h5-7,9,13H,4,8H2,1-3H3;1-2H3. The van der Waals surface area contributed by atoms with Gasteiger partial charge in [0.15, 0.2) is 0 Å². The lowest BCUT2D eigenvalue weighted by atomic mass is 10.3. The average Bonchev–Trinajstić information content (AvgIpc) is 2.32. The fourth-order valence-electron chi connectivity index (χ4n) is 1.51. The molecule has 0 saturated carbocycles. The number of nitrogens with zero attached hydrogens (tertiary/aromatic N) is 2. The van der Waals surface area contributed by atoms with Crippen molar-refractivity contribution in [1.82, 2.24) is 10.3 Å². The first-order chi connectivity index (χ1) is 8.13. The molecule has 0 fully saturated rings. The van der Waals surface area contributed by atoms with E-state index in [0.717, 1.165) is 18.9 Å². The monoisotopic (exact) mass is 257 g/mol.